The molecule has 0 saturated heterocycles. The highest BCUT2D eigenvalue weighted by Gasteiger charge is 2.17. The molecule has 7 rings (SSSR count). The normalized spacial score (nSPS) is 12.1. The summed E-state index contributed by atoms with van der Waals surface area (Å²) in [6.45, 7) is 0. The first-order chi connectivity index (χ1) is 21.0. The van der Waals surface area contributed by atoms with Gasteiger partial charge in [0.1, 0.15) is 23.5 Å². The fourth-order valence-electron chi connectivity index (χ4n) is 5.25. The van der Waals surface area contributed by atoms with Crippen molar-refractivity contribution in [2.24, 2.45) is 0 Å². The Morgan fingerprint density at radius 1 is 0.884 bits per heavy atom. The van der Waals surface area contributed by atoms with Crippen LogP contribution in [0.15, 0.2) is 97.6 Å². The second-order valence-corrected chi connectivity index (χ2v) is 10.2. The number of fused-ring (bicyclic) bond motifs is 2. The number of benzene rings is 2. The molecule has 5 aromatic heterocycles. The van der Waals surface area contributed by atoms with Gasteiger partial charge in [0.05, 0.1) is 47.8 Å². The van der Waals surface area contributed by atoms with Gasteiger partial charge in [-0.2, -0.15) is 5.10 Å². The van der Waals surface area contributed by atoms with E-state index in [-0.39, 0.29) is 0 Å². The van der Waals surface area contributed by atoms with Crippen LogP contribution in [0.4, 0.5) is 10.1 Å². The van der Waals surface area contributed by atoms with Crippen molar-refractivity contribution in [3.63, 3.8) is 0 Å². The minimum Gasteiger partial charge on any atom is -0.497 e. The standard InChI is InChI=1S/C33H26FN7O2/c1-43-24-12-20(10-22(34)13-24)32-25-15-29(39-27(25)7-8-36-32)33-26-14-28(37-18-30(26)40-41-33)21-11-23(17-35-16-21)38-31(42)9-19-5-3-2-4-6-19/h2-8,10-18,31,38-39,42H,9H2,1H3,(H,40,41). The van der Waals surface area contributed by atoms with E-state index in [1.54, 1.807) is 30.9 Å². The molecule has 0 bridgehead atoms. The summed E-state index contributed by atoms with van der Waals surface area (Å²) in [6, 6.07) is 22.0. The summed E-state index contributed by atoms with van der Waals surface area (Å²) in [6.07, 6.45) is 6.51. The molecule has 0 aliphatic rings. The van der Waals surface area contributed by atoms with Crippen molar-refractivity contribution in [3.8, 4) is 39.7 Å². The number of anilines is 1. The summed E-state index contributed by atoms with van der Waals surface area (Å²) in [5, 5.41) is 23.0. The van der Waals surface area contributed by atoms with Gasteiger partial charge >= 0.3 is 0 Å². The number of hydrogen-bond donors (Lipinski definition) is 4. The molecule has 0 saturated carbocycles. The average Bonchev–Trinajstić information content (AvgIpc) is 3.65. The van der Waals surface area contributed by atoms with Crippen LogP contribution in [0.25, 0.3) is 55.7 Å². The Morgan fingerprint density at radius 3 is 2.60 bits per heavy atom. The van der Waals surface area contributed by atoms with Crippen molar-refractivity contribution >= 4 is 27.5 Å². The summed E-state index contributed by atoms with van der Waals surface area (Å²) < 4.78 is 19.6. The van der Waals surface area contributed by atoms with E-state index in [1.807, 2.05) is 54.6 Å². The Morgan fingerprint density at radius 2 is 1.74 bits per heavy atom. The van der Waals surface area contributed by atoms with Crippen molar-refractivity contribution < 1.29 is 14.2 Å². The van der Waals surface area contributed by atoms with E-state index < -0.39 is 12.0 Å². The smallest absolute Gasteiger partial charge is 0.128 e. The molecule has 7 aromatic rings. The van der Waals surface area contributed by atoms with Crippen LogP contribution in [0.2, 0.25) is 0 Å². The third-order valence-corrected chi connectivity index (χ3v) is 7.27. The second kappa shape index (κ2) is 11.0. The number of halogens is 1. The van der Waals surface area contributed by atoms with E-state index in [0.717, 1.165) is 38.6 Å². The molecule has 2 aromatic carbocycles. The van der Waals surface area contributed by atoms with Crippen LogP contribution < -0.4 is 10.1 Å². The summed E-state index contributed by atoms with van der Waals surface area (Å²) >= 11 is 0. The number of aromatic amines is 2. The molecule has 1 unspecified atom stereocenters. The molecule has 212 valence electrons. The second-order valence-electron chi connectivity index (χ2n) is 10.2. The number of H-pyrrole nitrogens is 2. The van der Waals surface area contributed by atoms with Gasteiger partial charge in [0, 0.05) is 52.3 Å². The molecular formula is C33H26FN7O2. The summed E-state index contributed by atoms with van der Waals surface area (Å²) in [7, 11) is 1.50. The average molecular weight is 572 g/mol. The number of hydrogen-bond acceptors (Lipinski definition) is 7. The maximum Gasteiger partial charge on any atom is 0.128 e. The van der Waals surface area contributed by atoms with E-state index in [4.69, 9.17) is 4.74 Å². The van der Waals surface area contributed by atoms with Crippen molar-refractivity contribution in [2.75, 3.05) is 12.4 Å². The maximum atomic E-state index is 14.3. The SMILES string of the molecule is COc1cc(F)cc(-c2nccc3[nH]c(-c4n[nH]c5cnc(-c6cncc(NC(O)Cc7ccccc7)c6)cc45)cc23)c1. The lowest BCUT2D eigenvalue weighted by atomic mass is 10.1. The van der Waals surface area contributed by atoms with Crippen LogP contribution >= 0.6 is 0 Å². The summed E-state index contributed by atoms with van der Waals surface area (Å²) in [5.41, 5.74) is 7.53. The van der Waals surface area contributed by atoms with Crippen molar-refractivity contribution in [2.45, 2.75) is 12.6 Å². The molecular weight excluding hydrogens is 545 g/mol. The first-order valence-corrected chi connectivity index (χ1v) is 13.7. The van der Waals surface area contributed by atoms with E-state index in [0.29, 0.717) is 40.5 Å². The number of nitrogens with one attached hydrogen (secondary N) is 3. The van der Waals surface area contributed by atoms with Crippen molar-refractivity contribution in [1.82, 2.24) is 30.1 Å². The van der Waals surface area contributed by atoms with Crippen LogP contribution in [-0.2, 0) is 6.42 Å². The monoisotopic (exact) mass is 571 g/mol. The number of aromatic nitrogens is 6. The third-order valence-electron chi connectivity index (χ3n) is 7.27. The van der Waals surface area contributed by atoms with Gasteiger partial charge in [-0.25, -0.2) is 4.39 Å². The number of nitrogens with zero attached hydrogens (tertiary/aromatic N) is 4. The molecule has 0 radical (unpaired) electrons. The van der Waals surface area contributed by atoms with E-state index in [1.165, 1.54) is 19.2 Å². The molecule has 0 aliphatic heterocycles. The zero-order valence-electron chi connectivity index (χ0n) is 23.0. The number of ether oxygens (including phenoxy) is 1. The fourth-order valence-corrected chi connectivity index (χ4v) is 5.25. The Hall–Kier alpha value is -5.61. The van der Waals surface area contributed by atoms with Crippen LogP contribution in [-0.4, -0.2) is 48.6 Å². The Balaban J connectivity index is 1.21. The molecule has 0 aliphatic carbocycles. The van der Waals surface area contributed by atoms with Crippen LogP contribution in [0.3, 0.4) is 0 Å². The van der Waals surface area contributed by atoms with Crippen LogP contribution in [0, 0.1) is 5.82 Å². The molecule has 0 spiro atoms. The quantitative estimate of drug-likeness (QED) is 0.157. The van der Waals surface area contributed by atoms with E-state index in [9.17, 15) is 9.50 Å². The molecule has 10 heteroatoms. The van der Waals surface area contributed by atoms with Gasteiger partial charge in [0.25, 0.3) is 0 Å². The summed E-state index contributed by atoms with van der Waals surface area (Å²) in [4.78, 5) is 17.0. The van der Waals surface area contributed by atoms with Crippen LogP contribution in [0.1, 0.15) is 5.56 Å². The predicted octanol–water partition coefficient (Wildman–Crippen LogP) is 6.35. The van der Waals surface area contributed by atoms with Crippen LogP contribution in [0.5, 0.6) is 5.75 Å². The summed E-state index contributed by atoms with van der Waals surface area (Å²) in [5.74, 6) is 0.0176. The Bertz CT molecular complexity index is 2070. The van der Waals surface area contributed by atoms with Gasteiger partial charge in [-0.3, -0.25) is 20.1 Å². The van der Waals surface area contributed by atoms with E-state index >= 15 is 0 Å². The lowest BCUT2D eigenvalue weighted by Crippen LogP contribution is -2.21. The maximum absolute atomic E-state index is 14.3. The number of rotatable bonds is 8. The number of pyridine rings is 3. The van der Waals surface area contributed by atoms with Gasteiger partial charge in [-0.05, 0) is 42.0 Å². The topological polar surface area (TPSA) is 125 Å². The third kappa shape index (κ3) is 5.27. The molecule has 43 heavy (non-hydrogen) atoms. The highest BCUT2D eigenvalue weighted by molar-refractivity contribution is 6.00. The van der Waals surface area contributed by atoms with Gasteiger partial charge in [0.2, 0.25) is 0 Å². The molecule has 0 fully saturated rings. The fraction of sp³-hybridized carbons (Fsp3) is 0.0909. The lowest BCUT2D eigenvalue weighted by Gasteiger charge is -2.14. The predicted molar refractivity (Wildman–Crippen MR) is 164 cm³/mol. The zero-order chi connectivity index (χ0) is 29.3. The zero-order valence-corrected chi connectivity index (χ0v) is 23.0. The highest BCUT2D eigenvalue weighted by Crippen LogP contribution is 2.35. The molecule has 9 nitrogen and oxygen atoms in total. The largest absolute Gasteiger partial charge is 0.497 e. The van der Waals surface area contributed by atoms with Gasteiger partial charge in [-0.15, -0.1) is 0 Å². The van der Waals surface area contributed by atoms with Crippen molar-refractivity contribution in [3.05, 3.63) is 109 Å². The molecule has 0 amide bonds. The molecule has 5 heterocycles. The lowest BCUT2D eigenvalue weighted by molar-refractivity contribution is 0.204. The van der Waals surface area contributed by atoms with Gasteiger partial charge in [-0.1, -0.05) is 30.3 Å². The molecule has 1 atom stereocenters. The van der Waals surface area contributed by atoms with E-state index in [2.05, 4.69) is 35.5 Å². The number of methoxy groups -OCH3 is 1. The highest BCUT2D eigenvalue weighted by atomic mass is 19.1. The minimum atomic E-state index is -0.773. The first kappa shape index (κ1) is 26.3. The number of aliphatic hydroxyl groups is 1. The minimum absolute atomic E-state index is 0.401. The Kier molecular flexibility index (Phi) is 6.72. The Labute approximate surface area is 245 Å². The van der Waals surface area contributed by atoms with Gasteiger partial charge in [0.15, 0.2) is 0 Å². The van der Waals surface area contributed by atoms with Crippen molar-refractivity contribution in [1.29, 1.82) is 0 Å². The number of aliphatic hydroxyl groups excluding tert-OH is 1. The van der Waals surface area contributed by atoms with Gasteiger partial charge < -0.3 is 20.1 Å². The molecule has 4 N–H and O–H groups in total. The first-order valence-electron chi connectivity index (χ1n) is 13.7.